The molecule has 3 heteroatoms. The fraction of sp³-hybridized carbons (Fsp3) is 0.524. The number of ether oxygens (including phenoxy) is 1. The Balaban J connectivity index is 1.79. The van der Waals surface area contributed by atoms with Crippen LogP contribution in [0.15, 0.2) is 36.9 Å². The molecule has 2 aliphatic heterocycles. The van der Waals surface area contributed by atoms with E-state index in [1.54, 1.807) is 0 Å². The molecule has 1 N–H and O–H groups in total. The Kier molecular flexibility index (Phi) is 2.71. The molecule has 1 aromatic carbocycles. The van der Waals surface area contributed by atoms with Crippen LogP contribution in [0.1, 0.15) is 24.5 Å². The van der Waals surface area contributed by atoms with Crippen LogP contribution >= 0.6 is 0 Å². The van der Waals surface area contributed by atoms with Gasteiger partial charge >= 0.3 is 0 Å². The molecule has 0 aromatic heterocycles. The average Bonchev–Trinajstić information content (AvgIpc) is 2.90. The predicted octanol–water partition coefficient (Wildman–Crippen LogP) is 3.17. The first-order valence-electron chi connectivity index (χ1n) is 9.17. The maximum absolute atomic E-state index is 10.6. The van der Waals surface area contributed by atoms with Crippen molar-refractivity contribution in [2.24, 2.45) is 11.8 Å². The van der Waals surface area contributed by atoms with Gasteiger partial charge in [0.1, 0.15) is 23.6 Å². The second-order valence-corrected chi connectivity index (χ2v) is 8.48. The minimum Gasteiger partial charge on any atom is -0.508 e. The lowest BCUT2D eigenvalue weighted by Gasteiger charge is -2.60. The van der Waals surface area contributed by atoms with Crippen LogP contribution in [0.2, 0.25) is 0 Å². The molecule has 3 nitrogen and oxygen atoms in total. The first-order valence-corrected chi connectivity index (χ1v) is 9.17. The molecule has 1 aromatic rings. The van der Waals surface area contributed by atoms with Gasteiger partial charge in [-0.05, 0) is 18.2 Å². The van der Waals surface area contributed by atoms with Crippen LogP contribution in [0.25, 0.3) is 0 Å². The summed E-state index contributed by atoms with van der Waals surface area (Å²) in [5.74, 6) is 2.38. The molecule has 4 aliphatic rings. The van der Waals surface area contributed by atoms with Gasteiger partial charge in [0, 0.05) is 35.8 Å². The quantitative estimate of drug-likeness (QED) is 0.669. The van der Waals surface area contributed by atoms with E-state index in [9.17, 15) is 5.11 Å². The second-order valence-electron chi connectivity index (χ2n) is 8.48. The molecule has 3 unspecified atom stereocenters. The molecule has 0 saturated carbocycles. The van der Waals surface area contributed by atoms with E-state index in [1.165, 1.54) is 5.56 Å². The van der Waals surface area contributed by atoms with E-state index in [2.05, 4.69) is 38.8 Å². The Hall–Kier alpha value is -1.74. The number of likely N-dealkylation sites (N-methyl/N-ethyl adjacent to an activating group) is 1. The molecule has 0 radical (unpaired) electrons. The summed E-state index contributed by atoms with van der Waals surface area (Å²) in [5, 5.41) is 10.6. The van der Waals surface area contributed by atoms with E-state index in [4.69, 9.17) is 4.74 Å². The van der Waals surface area contributed by atoms with E-state index in [-0.39, 0.29) is 11.5 Å². The van der Waals surface area contributed by atoms with Crippen LogP contribution in [0.5, 0.6) is 11.5 Å². The van der Waals surface area contributed by atoms with Crippen molar-refractivity contribution in [2.45, 2.75) is 37.3 Å². The number of nitrogens with zero attached hydrogens (tertiary/aromatic N) is 1. The number of piperidine rings is 1. The molecule has 1 spiro atoms. The van der Waals surface area contributed by atoms with Gasteiger partial charge in [0.2, 0.25) is 0 Å². The van der Waals surface area contributed by atoms with Gasteiger partial charge in [-0.15, -0.1) is 0 Å². The Morgan fingerprint density at radius 2 is 2.25 bits per heavy atom. The number of likely N-dealkylation sites (tertiary alicyclic amines) is 1. The van der Waals surface area contributed by atoms with Crippen molar-refractivity contribution in [3.63, 3.8) is 0 Å². The number of hydrogen-bond donors (Lipinski definition) is 1. The first-order chi connectivity index (χ1) is 11.5. The van der Waals surface area contributed by atoms with Crippen molar-refractivity contribution in [1.82, 2.24) is 0 Å². The summed E-state index contributed by atoms with van der Waals surface area (Å²) < 4.78 is 7.50. The van der Waals surface area contributed by atoms with Crippen molar-refractivity contribution < 1.29 is 14.3 Å². The highest BCUT2D eigenvalue weighted by Crippen LogP contribution is 2.63. The Labute approximate surface area is 143 Å². The van der Waals surface area contributed by atoms with Crippen LogP contribution in [-0.4, -0.2) is 41.9 Å². The van der Waals surface area contributed by atoms with Crippen molar-refractivity contribution in [1.29, 1.82) is 0 Å². The lowest BCUT2D eigenvalue weighted by atomic mass is 9.51. The zero-order valence-corrected chi connectivity index (χ0v) is 14.5. The number of aromatic hydroxyl groups is 1. The van der Waals surface area contributed by atoms with Crippen molar-refractivity contribution in [2.75, 3.05) is 20.1 Å². The van der Waals surface area contributed by atoms with Gasteiger partial charge in [-0.2, -0.15) is 0 Å². The number of phenolic OH excluding ortho intramolecular Hbond substituents is 1. The van der Waals surface area contributed by atoms with Gasteiger partial charge < -0.3 is 14.3 Å². The molecule has 2 aliphatic carbocycles. The number of phenols is 1. The van der Waals surface area contributed by atoms with E-state index < -0.39 is 0 Å². The largest absolute Gasteiger partial charge is 0.508 e. The molecular weight excluding hydrogens is 298 g/mol. The van der Waals surface area contributed by atoms with Gasteiger partial charge in [0.15, 0.2) is 0 Å². The Bertz CT molecular complexity index is 769. The smallest absolute Gasteiger partial charge is 0.124 e. The second kappa shape index (κ2) is 4.45. The summed E-state index contributed by atoms with van der Waals surface area (Å²) in [7, 11) is 2.36. The number of hydrogen-bond acceptors (Lipinski definition) is 2. The van der Waals surface area contributed by atoms with E-state index >= 15 is 0 Å². The van der Waals surface area contributed by atoms with Crippen LogP contribution in [0.4, 0.5) is 0 Å². The molecule has 0 amide bonds. The maximum Gasteiger partial charge on any atom is 0.124 e. The first kappa shape index (κ1) is 14.6. The topological polar surface area (TPSA) is 29.5 Å². The molecule has 1 fully saturated rings. The lowest BCUT2D eigenvalue weighted by Crippen LogP contribution is -2.70. The van der Waals surface area contributed by atoms with E-state index in [0.717, 1.165) is 41.7 Å². The van der Waals surface area contributed by atoms with Crippen molar-refractivity contribution in [3.05, 3.63) is 48.1 Å². The summed E-state index contributed by atoms with van der Waals surface area (Å²) in [6.45, 7) is 8.41. The zero-order valence-electron chi connectivity index (χ0n) is 14.5. The predicted molar refractivity (Wildman–Crippen MR) is 94.2 cm³/mol. The summed E-state index contributed by atoms with van der Waals surface area (Å²) >= 11 is 0. The maximum atomic E-state index is 10.6. The molecule has 5 rings (SSSR count). The van der Waals surface area contributed by atoms with Crippen LogP contribution in [0, 0.1) is 11.8 Å². The zero-order chi connectivity index (χ0) is 16.7. The van der Waals surface area contributed by atoms with Gasteiger partial charge in [0.05, 0.1) is 25.6 Å². The van der Waals surface area contributed by atoms with Crippen LogP contribution in [-0.2, 0) is 11.8 Å². The van der Waals surface area contributed by atoms with Crippen molar-refractivity contribution >= 4 is 0 Å². The molecule has 2 bridgehead atoms. The summed E-state index contributed by atoms with van der Waals surface area (Å²) in [5.41, 5.74) is 2.53. The van der Waals surface area contributed by atoms with E-state index in [0.29, 0.717) is 23.6 Å². The molecule has 2 heterocycles. The summed E-state index contributed by atoms with van der Waals surface area (Å²) in [6.07, 6.45) is 9.16. The van der Waals surface area contributed by atoms with Crippen molar-refractivity contribution in [3.8, 4) is 11.5 Å². The summed E-state index contributed by atoms with van der Waals surface area (Å²) in [6, 6.07) is 4.30. The molecular formula is C21H26NO2+. The molecule has 6 atom stereocenters. The van der Waals surface area contributed by atoms with Gasteiger partial charge in [-0.25, -0.2) is 0 Å². The minimum atomic E-state index is 0.0550. The molecule has 24 heavy (non-hydrogen) atoms. The highest BCUT2D eigenvalue weighted by Gasteiger charge is 2.67. The van der Waals surface area contributed by atoms with Gasteiger partial charge in [0.25, 0.3) is 0 Å². The third kappa shape index (κ3) is 1.48. The van der Waals surface area contributed by atoms with E-state index in [1.807, 2.05) is 12.1 Å². The summed E-state index contributed by atoms with van der Waals surface area (Å²) in [4.78, 5) is 0. The van der Waals surface area contributed by atoms with Crippen LogP contribution < -0.4 is 4.74 Å². The van der Waals surface area contributed by atoms with Crippen LogP contribution in [0.3, 0.4) is 0 Å². The SMILES string of the molecule is C=CC[N@+]1(C)CC[C@@]23c4c5ccc(O)c4CC1C2C=C[C@H](C)C3O5. The minimum absolute atomic E-state index is 0.0550. The number of quaternary nitrogens is 1. The normalized spacial score (nSPS) is 43.9. The molecule has 1 saturated heterocycles. The fourth-order valence-electron chi connectivity index (χ4n) is 6.29. The number of benzene rings is 1. The third-order valence-corrected chi connectivity index (χ3v) is 7.38. The standard InChI is InChI=1S/C21H25NO2/c1-4-10-22(3)11-9-21-15-6-5-13(2)20(21)24-18-8-7-17(23)14(19(18)21)12-16(15)22/h4-8,13,15-16,20H,1,9-12H2,2-3H3/p+1/t13-,15?,16?,20?,21-,22+/m0/s1. The fourth-order valence-corrected chi connectivity index (χ4v) is 6.29. The Morgan fingerprint density at radius 1 is 1.42 bits per heavy atom. The third-order valence-electron chi connectivity index (χ3n) is 7.38. The molecule has 126 valence electrons. The van der Waals surface area contributed by atoms with Gasteiger partial charge in [-0.1, -0.05) is 25.7 Å². The monoisotopic (exact) mass is 324 g/mol. The lowest BCUT2D eigenvalue weighted by molar-refractivity contribution is -0.938. The Morgan fingerprint density at radius 3 is 3.04 bits per heavy atom. The van der Waals surface area contributed by atoms with Gasteiger partial charge in [-0.3, -0.25) is 0 Å². The highest BCUT2D eigenvalue weighted by atomic mass is 16.5. The average molecular weight is 324 g/mol. The number of rotatable bonds is 2. The highest BCUT2D eigenvalue weighted by molar-refractivity contribution is 5.60.